The number of carbonyl (C=O) groups is 2. The second kappa shape index (κ2) is 3.03. The molecule has 0 unspecified atom stereocenters. The molecule has 0 aliphatic rings. The Bertz CT molecular complexity index is 173. The second-order valence-corrected chi connectivity index (χ2v) is 1.52. The number of rotatable bonds is 4. The van der Waals surface area contributed by atoms with E-state index in [0.717, 1.165) is 0 Å². The van der Waals surface area contributed by atoms with Crippen molar-refractivity contribution in [1.29, 1.82) is 0 Å². The number of primary amides is 1. The van der Waals surface area contributed by atoms with Gasteiger partial charge in [-0.25, -0.2) is 0 Å². The minimum atomic E-state index is -1.48. The topological polar surface area (TPSA) is 106 Å². The molecule has 1 amide bonds. The lowest BCUT2D eigenvalue weighted by molar-refractivity contribution is -0.140. The van der Waals surface area contributed by atoms with Gasteiger partial charge in [0.05, 0.1) is 6.42 Å². The average molecular weight is 134 g/mol. The van der Waals surface area contributed by atoms with Gasteiger partial charge in [0.1, 0.15) is 8.87 Å². The number of carboxylic acid groups (broad SMARTS) is 1. The maximum absolute atomic E-state index is 10.2. The van der Waals surface area contributed by atoms with Crippen LogP contribution in [0.1, 0.15) is 6.42 Å². The predicted molar refractivity (Wildman–Crippen MR) is 29.4 cm³/mol. The fraction of sp³-hybridized carbons (Fsp3) is 0.500. The Kier molecular flexibility index (Phi) is 1.60. The molecule has 9 heavy (non-hydrogen) atoms. The predicted octanol–water partition coefficient (Wildman–Crippen LogP) is -1.73. The molecule has 0 saturated heterocycles. The van der Waals surface area contributed by atoms with Gasteiger partial charge in [-0.2, -0.15) is 0 Å². The van der Waals surface area contributed by atoms with Gasteiger partial charge in [0.15, 0.2) is 0 Å². The molecule has 5 N–H and O–H groups in total. The Morgan fingerprint density at radius 2 is 2.33 bits per heavy atom. The molecular formula is C4H8N2O3. The number of hydrogen-bond acceptors (Lipinski definition) is 3. The zero-order chi connectivity index (χ0) is 9.02. The Labute approximate surface area is 54.6 Å². The first kappa shape index (κ1) is 4.75. The highest BCUT2D eigenvalue weighted by atomic mass is 16.4. The van der Waals surface area contributed by atoms with Crippen LogP contribution in [-0.2, 0) is 9.59 Å². The molecule has 0 rings (SSSR count). The molecule has 0 spiro atoms. The molecule has 5 heteroatoms. The van der Waals surface area contributed by atoms with E-state index in [1.54, 1.807) is 0 Å². The highest BCUT2D eigenvalue weighted by molar-refractivity contribution is 5.82. The van der Waals surface area contributed by atoms with Gasteiger partial charge in [-0.05, 0) is 0 Å². The fourth-order valence-electron chi connectivity index (χ4n) is 0.278. The number of nitrogens with two attached hydrogens (primary N) is 2. The number of hydrogen-bond donors (Lipinski definition) is 3. The minimum Gasteiger partial charge on any atom is -0.480 e. The molecule has 0 saturated carbocycles. The maximum Gasteiger partial charge on any atom is 0.321 e. The molecule has 0 radical (unpaired) electrons. The van der Waals surface area contributed by atoms with E-state index in [9.17, 15) is 9.59 Å². The summed E-state index contributed by atoms with van der Waals surface area (Å²) in [7, 11) is 0. The molecule has 5 nitrogen and oxygen atoms in total. The third-order valence-electron chi connectivity index (χ3n) is 0.680. The molecule has 0 aromatic rings. The van der Waals surface area contributed by atoms with E-state index >= 15 is 0 Å². The van der Waals surface area contributed by atoms with E-state index in [2.05, 4.69) is 5.73 Å². The van der Waals surface area contributed by atoms with Gasteiger partial charge in [-0.3, -0.25) is 9.59 Å². The lowest BCUT2D eigenvalue weighted by atomic mass is 10.2. The molecule has 0 aliphatic heterocycles. The molecular weight excluding hydrogens is 124 g/mol. The minimum absolute atomic E-state index is 0.0624. The van der Waals surface area contributed by atoms with Crippen molar-refractivity contribution in [2.75, 3.05) is 0 Å². The van der Waals surface area contributed by atoms with E-state index in [1.807, 2.05) is 0 Å². The summed E-state index contributed by atoms with van der Waals surface area (Å²) in [6.07, 6.45) is -0.525. The van der Waals surface area contributed by atoms with Crippen molar-refractivity contribution >= 4 is 11.9 Å². The van der Waals surface area contributed by atoms with Crippen LogP contribution in [0.4, 0.5) is 0 Å². The summed E-state index contributed by atoms with van der Waals surface area (Å²) in [6, 6.07) is -1.48. The summed E-state index contributed by atoms with van der Waals surface area (Å²) in [5.41, 5.74) is 4.61. The van der Waals surface area contributed by atoms with Crippen molar-refractivity contribution in [1.82, 2.24) is 0 Å². The normalized spacial score (nSPS) is 16.1. The summed E-state index contributed by atoms with van der Waals surface area (Å²) in [5, 5.41) is 8.30. The van der Waals surface area contributed by atoms with Gasteiger partial charge in [-0.15, -0.1) is 0 Å². The summed E-state index contributed by atoms with van der Waals surface area (Å²) < 4.78 is 13.1. The lowest BCUT2D eigenvalue weighted by Gasteiger charge is -1.99. The Morgan fingerprint density at radius 1 is 1.78 bits per heavy atom. The van der Waals surface area contributed by atoms with Gasteiger partial charge in [0.2, 0.25) is 5.91 Å². The Morgan fingerprint density at radius 3 is 2.44 bits per heavy atom. The van der Waals surface area contributed by atoms with Gasteiger partial charge in [0.25, 0.3) is 0 Å². The van der Waals surface area contributed by atoms with Crippen molar-refractivity contribution in [3.63, 3.8) is 0 Å². The van der Waals surface area contributed by atoms with Gasteiger partial charge >= 0.3 is 5.97 Å². The molecule has 0 fully saturated rings. The standard InChI is InChI=1S/C4H8N2O3/c5-2(4(8)9)1-3(6)7/h2H,1,5H2,(H2,6,7)(H,8,9)/t2-/m0/s1/i/hD2. The molecule has 52 valence electrons. The van der Waals surface area contributed by atoms with E-state index in [1.165, 1.54) is 0 Å². The van der Waals surface area contributed by atoms with Crippen molar-refractivity contribution in [2.24, 2.45) is 11.5 Å². The first-order chi connectivity index (χ1) is 4.95. The monoisotopic (exact) mass is 134 g/mol. The van der Waals surface area contributed by atoms with E-state index in [0.29, 0.717) is 0 Å². The average Bonchev–Trinajstić information content (AvgIpc) is 1.81. The van der Waals surface area contributed by atoms with Crippen molar-refractivity contribution in [2.45, 2.75) is 12.5 Å². The van der Waals surface area contributed by atoms with E-state index < -0.39 is 24.3 Å². The quantitative estimate of drug-likeness (QED) is 0.424. The van der Waals surface area contributed by atoms with Crippen LogP contribution in [0.3, 0.4) is 0 Å². The molecule has 0 aliphatic carbocycles. The van der Waals surface area contributed by atoms with Crippen LogP contribution in [0.5, 0.6) is 0 Å². The van der Waals surface area contributed by atoms with E-state index in [-0.39, 0.29) is 5.72 Å². The van der Waals surface area contributed by atoms with E-state index in [4.69, 9.17) is 7.93 Å². The number of aliphatic carboxylic acids is 1. The van der Waals surface area contributed by atoms with Crippen molar-refractivity contribution in [3.8, 4) is 0 Å². The highest BCUT2D eigenvalue weighted by Crippen LogP contribution is 1.84. The van der Waals surface area contributed by atoms with Crippen LogP contribution in [0.15, 0.2) is 0 Å². The first-order valence-corrected chi connectivity index (χ1v) is 2.23. The number of carboxylic acids is 1. The van der Waals surface area contributed by atoms with Crippen LogP contribution in [0.2, 0.25) is 2.82 Å². The Hall–Kier alpha value is -1.10. The first-order valence-electron chi connectivity index (χ1n) is 3.12. The smallest absolute Gasteiger partial charge is 0.321 e. The van der Waals surface area contributed by atoms with Crippen LogP contribution in [0, 0.1) is 0 Å². The zero-order valence-corrected chi connectivity index (χ0v) is 4.57. The molecule has 1 atom stereocenters. The second-order valence-electron chi connectivity index (χ2n) is 1.52. The van der Waals surface area contributed by atoms with Gasteiger partial charge in [-0.1, -0.05) is 0 Å². The summed E-state index contributed by atoms with van der Waals surface area (Å²) >= 11 is 0. The van der Waals surface area contributed by atoms with Gasteiger partial charge < -0.3 is 16.6 Å². The molecule has 0 aromatic carbocycles. The van der Waals surface area contributed by atoms with Gasteiger partial charge in [0, 0.05) is 0 Å². The summed E-state index contributed by atoms with van der Waals surface area (Å²) in [5.74, 6) is -2.25. The Balaban J connectivity index is 4.12. The van der Waals surface area contributed by atoms with Crippen molar-refractivity contribution < 1.29 is 17.5 Å². The van der Waals surface area contributed by atoms with Crippen LogP contribution < -0.4 is 11.5 Å². The molecule has 0 aromatic heterocycles. The van der Waals surface area contributed by atoms with Crippen LogP contribution in [-0.4, -0.2) is 23.0 Å². The number of amides is 1. The van der Waals surface area contributed by atoms with Crippen LogP contribution in [0.25, 0.3) is 0 Å². The third-order valence-corrected chi connectivity index (χ3v) is 0.680. The fourth-order valence-corrected chi connectivity index (χ4v) is 0.278. The number of carbonyl (C=O) groups excluding carboxylic acids is 1. The summed E-state index contributed by atoms with van der Waals surface area (Å²) in [6.45, 7) is 0. The molecule has 0 bridgehead atoms. The molecule has 0 heterocycles. The van der Waals surface area contributed by atoms with Crippen LogP contribution >= 0.6 is 0 Å². The largest absolute Gasteiger partial charge is 0.480 e. The zero-order valence-electron chi connectivity index (χ0n) is 6.57. The SMILES string of the molecule is [2H]N([2H])[C@@H](CC(N)=O)C(=O)O. The lowest BCUT2D eigenvalue weighted by Crippen LogP contribution is -2.34. The third kappa shape index (κ3) is 3.48. The maximum atomic E-state index is 10.2. The van der Waals surface area contributed by atoms with Crippen molar-refractivity contribution in [3.05, 3.63) is 0 Å². The summed E-state index contributed by atoms with van der Waals surface area (Å²) in [4.78, 5) is 20.4. The highest BCUT2D eigenvalue weighted by Gasteiger charge is 2.13.